The largest absolute Gasteiger partial charge is 0.480 e. The van der Waals surface area contributed by atoms with Gasteiger partial charge in [0.05, 0.1) is 23.1 Å². The molecule has 1 heterocycles. The van der Waals surface area contributed by atoms with Crippen molar-refractivity contribution in [3.8, 4) is 0 Å². The van der Waals surface area contributed by atoms with Gasteiger partial charge in [0.15, 0.2) is 0 Å². The SMILES string of the molecule is C=C(N[C@@H](C)C(=O)O)N(C)Cc1csc(C(C)C)n1. The molecule has 1 atom stereocenters. The molecule has 2 N–H and O–H groups in total. The number of nitrogens with one attached hydrogen (secondary N) is 1. The maximum absolute atomic E-state index is 10.8. The van der Waals surface area contributed by atoms with Gasteiger partial charge in [-0.1, -0.05) is 20.4 Å². The van der Waals surface area contributed by atoms with E-state index in [1.807, 2.05) is 17.3 Å². The number of rotatable bonds is 7. The van der Waals surface area contributed by atoms with Crippen molar-refractivity contribution in [1.82, 2.24) is 15.2 Å². The van der Waals surface area contributed by atoms with E-state index >= 15 is 0 Å². The van der Waals surface area contributed by atoms with Gasteiger partial charge in [0, 0.05) is 18.3 Å². The minimum Gasteiger partial charge on any atom is -0.480 e. The summed E-state index contributed by atoms with van der Waals surface area (Å²) in [6.07, 6.45) is 0. The molecule has 0 saturated carbocycles. The van der Waals surface area contributed by atoms with Crippen LogP contribution in [0.4, 0.5) is 0 Å². The van der Waals surface area contributed by atoms with Crippen LogP contribution in [0, 0.1) is 0 Å². The lowest BCUT2D eigenvalue weighted by molar-refractivity contribution is -0.138. The monoisotopic (exact) mass is 283 g/mol. The normalized spacial score (nSPS) is 12.3. The van der Waals surface area contributed by atoms with E-state index in [1.165, 1.54) is 0 Å². The Labute approximate surface area is 118 Å². The molecule has 0 saturated heterocycles. The van der Waals surface area contributed by atoms with Crippen LogP contribution in [0.3, 0.4) is 0 Å². The van der Waals surface area contributed by atoms with Gasteiger partial charge in [0.25, 0.3) is 0 Å². The van der Waals surface area contributed by atoms with E-state index in [-0.39, 0.29) is 0 Å². The number of carbonyl (C=O) groups is 1. The second-order valence-corrected chi connectivity index (χ2v) is 5.73. The summed E-state index contributed by atoms with van der Waals surface area (Å²) in [6, 6.07) is -0.656. The van der Waals surface area contributed by atoms with E-state index in [9.17, 15) is 4.79 Å². The number of carboxylic acids is 1. The molecule has 1 aromatic rings. The van der Waals surface area contributed by atoms with Crippen LogP contribution in [0.5, 0.6) is 0 Å². The van der Waals surface area contributed by atoms with Gasteiger partial charge in [-0.05, 0) is 6.92 Å². The van der Waals surface area contributed by atoms with Crippen molar-refractivity contribution in [3.05, 3.63) is 28.5 Å². The Balaban J connectivity index is 2.56. The molecule has 0 aliphatic rings. The molecule has 0 spiro atoms. The van der Waals surface area contributed by atoms with Crippen molar-refractivity contribution in [3.63, 3.8) is 0 Å². The molecule has 19 heavy (non-hydrogen) atoms. The first-order valence-electron chi connectivity index (χ1n) is 6.15. The molecule has 0 radical (unpaired) electrons. The molecule has 0 amide bonds. The molecule has 0 fully saturated rings. The standard InChI is InChI=1S/C13H21N3O2S/c1-8(2)12-15-11(7-19-12)6-16(5)10(4)14-9(3)13(17)18/h7-9,14H,4,6H2,1-3,5H3,(H,17,18)/t9-/m0/s1. The van der Waals surface area contributed by atoms with E-state index in [1.54, 1.807) is 18.3 Å². The third kappa shape index (κ3) is 4.55. The van der Waals surface area contributed by atoms with Gasteiger partial charge in [-0.15, -0.1) is 11.3 Å². The zero-order chi connectivity index (χ0) is 14.6. The fourth-order valence-electron chi connectivity index (χ4n) is 1.42. The van der Waals surface area contributed by atoms with E-state index in [0.29, 0.717) is 18.3 Å². The fraction of sp³-hybridized carbons (Fsp3) is 0.538. The van der Waals surface area contributed by atoms with Gasteiger partial charge >= 0.3 is 5.97 Å². The Kier molecular flexibility index (Phi) is 5.35. The first-order valence-corrected chi connectivity index (χ1v) is 7.03. The first-order chi connectivity index (χ1) is 8.81. The van der Waals surface area contributed by atoms with Gasteiger partial charge in [0.2, 0.25) is 0 Å². The number of aliphatic carboxylic acids is 1. The number of hydrogen-bond acceptors (Lipinski definition) is 5. The van der Waals surface area contributed by atoms with Crippen LogP contribution >= 0.6 is 11.3 Å². The molecule has 1 aromatic heterocycles. The van der Waals surface area contributed by atoms with Gasteiger partial charge in [0.1, 0.15) is 6.04 Å². The van der Waals surface area contributed by atoms with Crippen LogP contribution in [0.25, 0.3) is 0 Å². The second kappa shape index (κ2) is 6.56. The summed E-state index contributed by atoms with van der Waals surface area (Å²) >= 11 is 1.65. The first kappa shape index (κ1) is 15.5. The van der Waals surface area contributed by atoms with Crippen LogP contribution in [0.2, 0.25) is 0 Å². The van der Waals surface area contributed by atoms with E-state index in [4.69, 9.17) is 5.11 Å². The van der Waals surface area contributed by atoms with E-state index < -0.39 is 12.0 Å². The predicted octanol–water partition coefficient (Wildman–Crippen LogP) is 2.23. The highest BCUT2D eigenvalue weighted by Crippen LogP contribution is 2.20. The molecular formula is C13H21N3O2S. The number of aromatic nitrogens is 1. The number of nitrogens with zero attached hydrogens (tertiary/aromatic N) is 2. The topological polar surface area (TPSA) is 65.5 Å². The molecule has 0 aliphatic carbocycles. The second-order valence-electron chi connectivity index (χ2n) is 4.84. The number of carboxylic acid groups (broad SMARTS) is 1. The molecule has 0 unspecified atom stereocenters. The Morgan fingerprint density at radius 3 is 2.68 bits per heavy atom. The molecule has 5 nitrogen and oxygen atoms in total. The molecule has 6 heteroatoms. The third-order valence-electron chi connectivity index (χ3n) is 2.68. The fourth-order valence-corrected chi connectivity index (χ4v) is 2.25. The highest BCUT2D eigenvalue weighted by atomic mass is 32.1. The molecular weight excluding hydrogens is 262 g/mol. The van der Waals surface area contributed by atoms with Gasteiger partial charge in [-0.3, -0.25) is 4.79 Å². The van der Waals surface area contributed by atoms with Crippen molar-refractivity contribution < 1.29 is 9.90 Å². The summed E-state index contributed by atoms with van der Waals surface area (Å²) in [5.74, 6) is 0.108. The lowest BCUT2D eigenvalue weighted by Crippen LogP contribution is -2.38. The summed E-state index contributed by atoms with van der Waals surface area (Å²) in [5.41, 5.74) is 0.974. The molecule has 0 bridgehead atoms. The lowest BCUT2D eigenvalue weighted by atomic mass is 10.2. The molecule has 106 valence electrons. The number of hydrogen-bond donors (Lipinski definition) is 2. The van der Waals surface area contributed by atoms with Gasteiger partial charge in [-0.25, -0.2) is 4.98 Å². The van der Waals surface area contributed by atoms with Crippen LogP contribution < -0.4 is 5.32 Å². The lowest BCUT2D eigenvalue weighted by Gasteiger charge is -2.23. The van der Waals surface area contributed by atoms with E-state index in [0.717, 1.165) is 10.7 Å². The third-order valence-corrected chi connectivity index (χ3v) is 3.87. The van der Waals surface area contributed by atoms with E-state index in [2.05, 4.69) is 30.7 Å². The number of thiazole rings is 1. The van der Waals surface area contributed by atoms with Crippen LogP contribution in [-0.4, -0.2) is 34.0 Å². The quantitative estimate of drug-likeness (QED) is 0.803. The average molecular weight is 283 g/mol. The summed E-state index contributed by atoms with van der Waals surface area (Å²) in [5, 5.41) is 14.8. The zero-order valence-electron chi connectivity index (χ0n) is 11.8. The van der Waals surface area contributed by atoms with Gasteiger partial charge in [-0.2, -0.15) is 0 Å². The summed E-state index contributed by atoms with van der Waals surface area (Å²) in [6.45, 7) is 10.3. The smallest absolute Gasteiger partial charge is 0.325 e. The Morgan fingerprint density at radius 1 is 1.58 bits per heavy atom. The molecule has 0 aliphatic heterocycles. The molecule has 0 aromatic carbocycles. The predicted molar refractivity (Wildman–Crippen MR) is 77.0 cm³/mol. The Bertz CT molecular complexity index is 456. The maximum atomic E-state index is 10.8. The minimum atomic E-state index is -0.898. The van der Waals surface area contributed by atoms with Gasteiger partial charge < -0.3 is 15.3 Å². The van der Waals surface area contributed by atoms with Crippen molar-refractivity contribution in [1.29, 1.82) is 0 Å². The highest BCUT2D eigenvalue weighted by molar-refractivity contribution is 7.09. The summed E-state index contributed by atoms with van der Waals surface area (Å²) in [4.78, 5) is 17.2. The van der Waals surface area contributed by atoms with Crippen molar-refractivity contribution in [2.24, 2.45) is 0 Å². The summed E-state index contributed by atoms with van der Waals surface area (Å²) in [7, 11) is 1.86. The Morgan fingerprint density at radius 2 is 2.21 bits per heavy atom. The minimum absolute atomic E-state index is 0.428. The van der Waals surface area contributed by atoms with Crippen molar-refractivity contribution in [2.75, 3.05) is 7.05 Å². The van der Waals surface area contributed by atoms with Crippen LogP contribution in [0.15, 0.2) is 17.8 Å². The van der Waals surface area contributed by atoms with Crippen molar-refractivity contribution >= 4 is 17.3 Å². The highest BCUT2D eigenvalue weighted by Gasteiger charge is 2.14. The Hall–Kier alpha value is -1.56. The zero-order valence-corrected chi connectivity index (χ0v) is 12.6. The van der Waals surface area contributed by atoms with Crippen LogP contribution in [-0.2, 0) is 11.3 Å². The maximum Gasteiger partial charge on any atom is 0.325 e. The van der Waals surface area contributed by atoms with Crippen LogP contribution in [0.1, 0.15) is 37.4 Å². The summed E-state index contributed by atoms with van der Waals surface area (Å²) < 4.78 is 0. The molecule has 1 rings (SSSR count). The van der Waals surface area contributed by atoms with Crippen molar-refractivity contribution in [2.45, 2.75) is 39.3 Å². The average Bonchev–Trinajstić information content (AvgIpc) is 2.77.